The first-order chi connectivity index (χ1) is 6.88. The standard InChI is InChI=1S/C9H17N3O2S/c1-8(10)9-6-11-12(7-9)4-3-5-15(2,13)14/h6-8H,3-5,10H2,1-2H3. The van der Waals surface area contributed by atoms with Crippen LogP contribution in [0.25, 0.3) is 0 Å². The number of aromatic nitrogens is 2. The number of nitrogens with two attached hydrogens (primary N) is 1. The molecule has 86 valence electrons. The van der Waals surface area contributed by atoms with Gasteiger partial charge in [0.1, 0.15) is 9.84 Å². The molecule has 0 saturated heterocycles. The van der Waals surface area contributed by atoms with Crippen LogP contribution >= 0.6 is 0 Å². The molecule has 0 aliphatic heterocycles. The Bertz CT molecular complexity index is 409. The average molecular weight is 231 g/mol. The fourth-order valence-electron chi connectivity index (χ4n) is 1.23. The molecule has 0 aliphatic rings. The molecule has 15 heavy (non-hydrogen) atoms. The lowest BCUT2D eigenvalue weighted by Crippen LogP contribution is -2.08. The highest BCUT2D eigenvalue weighted by atomic mass is 32.2. The van der Waals surface area contributed by atoms with Crippen molar-refractivity contribution in [1.82, 2.24) is 9.78 Å². The van der Waals surface area contributed by atoms with E-state index in [0.717, 1.165) is 5.56 Å². The number of nitrogens with zero attached hydrogens (tertiary/aromatic N) is 2. The smallest absolute Gasteiger partial charge is 0.147 e. The summed E-state index contributed by atoms with van der Waals surface area (Å²) >= 11 is 0. The quantitative estimate of drug-likeness (QED) is 0.792. The number of sulfone groups is 1. The first-order valence-electron chi connectivity index (χ1n) is 4.84. The predicted molar refractivity (Wildman–Crippen MR) is 59.2 cm³/mol. The monoisotopic (exact) mass is 231 g/mol. The van der Waals surface area contributed by atoms with Crippen molar-refractivity contribution in [3.63, 3.8) is 0 Å². The van der Waals surface area contributed by atoms with Crippen LogP contribution in [0.4, 0.5) is 0 Å². The van der Waals surface area contributed by atoms with E-state index in [4.69, 9.17) is 5.73 Å². The number of hydrogen-bond acceptors (Lipinski definition) is 4. The Morgan fingerprint density at radius 3 is 2.73 bits per heavy atom. The van der Waals surface area contributed by atoms with Gasteiger partial charge < -0.3 is 5.73 Å². The fourth-order valence-corrected chi connectivity index (χ4v) is 1.88. The SMILES string of the molecule is CC(N)c1cnn(CCCS(C)(=O)=O)c1. The van der Waals surface area contributed by atoms with E-state index >= 15 is 0 Å². The van der Waals surface area contributed by atoms with E-state index in [1.165, 1.54) is 6.26 Å². The molecule has 0 saturated carbocycles. The lowest BCUT2D eigenvalue weighted by Gasteiger charge is -2.01. The molecule has 0 aliphatic carbocycles. The first-order valence-corrected chi connectivity index (χ1v) is 6.90. The molecule has 5 nitrogen and oxygen atoms in total. The van der Waals surface area contributed by atoms with Gasteiger partial charge in [-0.15, -0.1) is 0 Å². The summed E-state index contributed by atoms with van der Waals surface area (Å²) in [6.07, 6.45) is 5.39. The van der Waals surface area contributed by atoms with Crippen molar-refractivity contribution in [3.05, 3.63) is 18.0 Å². The van der Waals surface area contributed by atoms with E-state index < -0.39 is 9.84 Å². The highest BCUT2D eigenvalue weighted by Crippen LogP contribution is 2.07. The summed E-state index contributed by atoms with van der Waals surface area (Å²) in [4.78, 5) is 0. The molecule has 1 rings (SSSR count). The number of hydrogen-bond donors (Lipinski definition) is 1. The van der Waals surface area contributed by atoms with Crippen molar-refractivity contribution in [2.75, 3.05) is 12.0 Å². The molecule has 0 aromatic carbocycles. The van der Waals surface area contributed by atoms with Gasteiger partial charge in [-0.05, 0) is 13.3 Å². The molecule has 1 unspecified atom stereocenters. The van der Waals surface area contributed by atoms with Crippen molar-refractivity contribution >= 4 is 9.84 Å². The van der Waals surface area contributed by atoms with E-state index in [-0.39, 0.29) is 11.8 Å². The summed E-state index contributed by atoms with van der Waals surface area (Å²) in [5.41, 5.74) is 6.64. The maximum Gasteiger partial charge on any atom is 0.147 e. The minimum atomic E-state index is -2.87. The first kappa shape index (κ1) is 12.2. The van der Waals surface area contributed by atoms with Gasteiger partial charge >= 0.3 is 0 Å². The van der Waals surface area contributed by atoms with Crippen LogP contribution in [0.3, 0.4) is 0 Å². The topological polar surface area (TPSA) is 78.0 Å². The minimum absolute atomic E-state index is 0.0337. The molecule has 0 spiro atoms. The molecule has 2 N–H and O–H groups in total. The summed E-state index contributed by atoms with van der Waals surface area (Å²) in [6, 6.07) is -0.0337. The number of rotatable bonds is 5. The lowest BCUT2D eigenvalue weighted by atomic mass is 10.2. The molecular weight excluding hydrogens is 214 g/mol. The van der Waals surface area contributed by atoms with Crippen LogP contribution in [0.15, 0.2) is 12.4 Å². The Labute approximate surface area is 90.2 Å². The molecule has 0 fully saturated rings. The van der Waals surface area contributed by atoms with Gasteiger partial charge in [-0.25, -0.2) is 8.42 Å². The Hall–Kier alpha value is -0.880. The van der Waals surface area contributed by atoms with E-state index in [0.29, 0.717) is 13.0 Å². The maximum absolute atomic E-state index is 10.9. The second-order valence-corrected chi connectivity index (χ2v) is 6.07. The highest BCUT2D eigenvalue weighted by Gasteiger charge is 2.05. The molecule has 6 heteroatoms. The van der Waals surface area contributed by atoms with Crippen molar-refractivity contribution in [3.8, 4) is 0 Å². The van der Waals surface area contributed by atoms with Gasteiger partial charge in [0.15, 0.2) is 0 Å². The molecule has 1 aromatic heterocycles. The van der Waals surface area contributed by atoms with E-state index in [1.54, 1.807) is 10.9 Å². The van der Waals surface area contributed by atoms with Crippen LogP contribution < -0.4 is 5.73 Å². The van der Waals surface area contributed by atoms with E-state index in [2.05, 4.69) is 5.10 Å². The zero-order valence-electron chi connectivity index (χ0n) is 9.05. The van der Waals surface area contributed by atoms with Gasteiger partial charge in [-0.1, -0.05) is 0 Å². The average Bonchev–Trinajstić information content (AvgIpc) is 2.50. The van der Waals surface area contributed by atoms with E-state index in [9.17, 15) is 8.42 Å². The van der Waals surface area contributed by atoms with Crippen LogP contribution in [-0.2, 0) is 16.4 Å². The van der Waals surface area contributed by atoms with Crippen LogP contribution in [-0.4, -0.2) is 30.2 Å². The Morgan fingerprint density at radius 2 is 2.27 bits per heavy atom. The molecule has 1 heterocycles. The van der Waals surface area contributed by atoms with Crippen LogP contribution in [0.5, 0.6) is 0 Å². The summed E-state index contributed by atoms with van der Waals surface area (Å²) in [6.45, 7) is 2.50. The van der Waals surface area contributed by atoms with Crippen molar-refractivity contribution in [2.45, 2.75) is 25.9 Å². The zero-order chi connectivity index (χ0) is 11.5. The summed E-state index contributed by atoms with van der Waals surface area (Å²) in [7, 11) is -2.87. The lowest BCUT2D eigenvalue weighted by molar-refractivity contribution is 0.576. The second-order valence-electron chi connectivity index (χ2n) is 3.81. The highest BCUT2D eigenvalue weighted by molar-refractivity contribution is 7.90. The Balaban J connectivity index is 2.45. The van der Waals surface area contributed by atoms with Gasteiger partial charge in [0.25, 0.3) is 0 Å². The van der Waals surface area contributed by atoms with Crippen LogP contribution in [0.2, 0.25) is 0 Å². The summed E-state index contributed by atoms with van der Waals surface area (Å²) in [5.74, 6) is 0.195. The fraction of sp³-hybridized carbons (Fsp3) is 0.667. The van der Waals surface area contributed by atoms with E-state index in [1.807, 2.05) is 13.1 Å². The maximum atomic E-state index is 10.9. The molecule has 1 atom stereocenters. The number of aryl methyl sites for hydroxylation is 1. The zero-order valence-corrected chi connectivity index (χ0v) is 9.87. The van der Waals surface area contributed by atoms with Crippen LogP contribution in [0.1, 0.15) is 24.9 Å². The third-order valence-electron chi connectivity index (χ3n) is 2.08. The van der Waals surface area contributed by atoms with Gasteiger partial charge in [-0.2, -0.15) is 5.10 Å². The molecule has 0 radical (unpaired) electrons. The largest absolute Gasteiger partial charge is 0.324 e. The molecule has 1 aromatic rings. The van der Waals surface area contributed by atoms with Crippen molar-refractivity contribution in [1.29, 1.82) is 0 Å². The third kappa shape index (κ3) is 4.44. The van der Waals surface area contributed by atoms with Gasteiger partial charge in [0.2, 0.25) is 0 Å². The molecule has 0 amide bonds. The van der Waals surface area contributed by atoms with Gasteiger partial charge in [-0.3, -0.25) is 4.68 Å². The normalized spacial score (nSPS) is 14.1. The van der Waals surface area contributed by atoms with Gasteiger partial charge in [0.05, 0.1) is 11.9 Å². The third-order valence-corrected chi connectivity index (χ3v) is 3.11. The predicted octanol–water partition coefficient (Wildman–Crippen LogP) is 0.337. The summed E-state index contributed by atoms with van der Waals surface area (Å²) < 4.78 is 23.5. The van der Waals surface area contributed by atoms with Crippen molar-refractivity contribution in [2.24, 2.45) is 5.73 Å². The molecular formula is C9H17N3O2S. The second kappa shape index (κ2) is 4.76. The Kier molecular flexibility index (Phi) is 3.87. The Morgan fingerprint density at radius 1 is 1.60 bits per heavy atom. The minimum Gasteiger partial charge on any atom is -0.324 e. The van der Waals surface area contributed by atoms with Gasteiger partial charge in [0, 0.05) is 30.6 Å². The summed E-state index contributed by atoms with van der Waals surface area (Å²) in [5, 5.41) is 4.10. The molecule has 0 bridgehead atoms. The van der Waals surface area contributed by atoms with Crippen molar-refractivity contribution < 1.29 is 8.42 Å². The van der Waals surface area contributed by atoms with Crippen LogP contribution in [0, 0.1) is 0 Å².